The molecule has 3 aliphatic rings. The highest BCUT2D eigenvalue weighted by Gasteiger charge is 3.03. The van der Waals surface area contributed by atoms with E-state index in [4.69, 9.17) is 10.5 Å². The highest BCUT2D eigenvalue weighted by atomic mass is 79.9. The number of ether oxygens (including phenoxy) is 1. The van der Waals surface area contributed by atoms with E-state index in [-0.39, 0.29) is 0 Å². The molecule has 5 nitrogen and oxygen atoms in total. The van der Waals surface area contributed by atoms with Crippen molar-refractivity contribution in [3.63, 3.8) is 0 Å². The third kappa shape index (κ3) is 1.29. The number of rotatable bonds is 2. The predicted molar refractivity (Wildman–Crippen MR) is 93.5 cm³/mol. The minimum atomic E-state index is -1.09. The zero-order valence-electron chi connectivity index (χ0n) is 13.1. The van der Waals surface area contributed by atoms with Crippen molar-refractivity contribution in [2.24, 2.45) is 16.6 Å². The fourth-order valence-electron chi connectivity index (χ4n) is 5.05. The van der Waals surface area contributed by atoms with Crippen molar-refractivity contribution in [1.29, 1.82) is 10.5 Å². The Hall–Kier alpha value is -1.54. The van der Waals surface area contributed by atoms with Gasteiger partial charge < -0.3 is 4.74 Å². The molecule has 122 valence electrons. The Morgan fingerprint density at radius 3 is 2.54 bits per heavy atom. The molecule has 0 amide bonds. The first kappa shape index (κ1) is 16.0. The second-order valence-electron chi connectivity index (χ2n) is 6.34. The van der Waals surface area contributed by atoms with Crippen molar-refractivity contribution in [1.82, 2.24) is 0 Å². The summed E-state index contributed by atoms with van der Waals surface area (Å²) >= 11 is 4.99. The maximum Gasteiger partial charge on any atom is 0.278 e. The fourth-order valence-corrected chi connectivity index (χ4v) is 6.70. The molecule has 7 heteroatoms. The van der Waals surface area contributed by atoms with E-state index in [1.165, 1.54) is 0 Å². The van der Waals surface area contributed by atoms with Gasteiger partial charge in [0.2, 0.25) is 0 Å². The van der Waals surface area contributed by atoms with Gasteiger partial charge in [-0.05, 0) is 24.1 Å². The van der Waals surface area contributed by atoms with Gasteiger partial charge in [-0.2, -0.15) is 10.5 Å². The normalized spacial score (nSPS) is 42.2. The van der Waals surface area contributed by atoms with E-state index in [0.29, 0.717) is 18.9 Å². The summed E-state index contributed by atoms with van der Waals surface area (Å²) in [6.45, 7) is 2.55. The van der Waals surface area contributed by atoms with E-state index in [9.17, 15) is 10.5 Å². The molecule has 1 aromatic carbocycles. The maximum atomic E-state index is 10.3. The lowest BCUT2D eigenvalue weighted by Crippen LogP contribution is -2.88. The van der Waals surface area contributed by atoms with E-state index in [0.717, 1.165) is 15.8 Å². The fraction of sp³-hybridized carbons (Fsp3) is 0.471. The first-order valence-electron chi connectivity index (χ1n) is 7.79. The van der Waals surface area contributed by atoms with Crippen molar-refractivity contribution >= 4 is 33.5 Å². The summed E-state index contributed by atoms with van der Waals surface area (Å²) in [5, 5.41) is 19.5. The first-order chi connectivity index (χ1) is 11.5. The molecule has 1 spiro atoms. The second kappa shape index (κ2) is 4.76. The zero-order valence-corrected chi connectivity index (χ0v) is 15.5. The number of hydrogen-bond donors (Lipinski definition) is 2. The molecule has 4 rings (SSSR count). The number of halogens is 1. The van der Waals surface area contributed by atoms with Crippen LogP contribution in [0.3, 0.4) is 0 Å². The van der Waals surface area contributed by atoms with E-state index >= 15 is 0 Å². The molecule has 24 heavy (non-hydrogen) atoms. The summed E-state index contributed by atoms with van der Waals surface area (Å²) in [4.78, 5) is 3.16. The average molecular weight is 404 g/mol. The molecule has 1 saturated heterocycles. The molecule has 0 radical (unpaired) electrons. The SMILES string of the molecule is CC[C@]1(c2ccc(Br)cc2)[C@]2(C#N)C(N)=[NH+][C@@]3(OCCS3)[C@@]21C#N. The van der Waals surface area contributed by atoms with E-state index < -0.39 is 21.3 Å². The maximum absolute atomic E-state index is 10.3. The van der Waals surface area contributed by atoms with Gasteiger partial charge in [-0.3, -0.25) is 5.73 Å². The number of benzene rings is 1. The van der Waals surface area contributed by atoms with Gasteiger partial charge in [-0.1, -0.05) is 46.7 Å². The minimum Gasteiger partial charge on any atom is -0.327 e. The Morgan fingerprint density at radius 2 is 2.04 bits per heavy atom. The van der Waals surface area contributed by atoms with E-state index in [1.54, 1.807) is 11.8 Å². The van der Waals surface area contributed by atoms with Gasteiger partial charge in [0.05, 0.1) is 24.2 Å². The number of nitrogens with zero attached hydrogens (tertiary/aromatic N) is 2. The number of thioether (sulfide) groups is 1. The Balaban J connectivity index is 2.03. The van der Waals surface area contributed by atoms with Gasteiger partial charge >= 0.3 is 0 Å². The summed E-state index contributed by atoms with van der Waals surface area (Å²) in [6, 6.07) is 12.7. The second-order valence-corrected chi connectivity index (χ2v) is 8.53. The van der Waals surface area contributed by atoms with Crippen LogP contribution in [-0.2, 0) is 10.2 Å². The van der Waals surface area contributed by atoms with Gasteiger partial charge in [0.25, 0.3) is 10.9 Å². The number of amidine groups is 1. The number of fused-ring (bicyclic) bond motifs is 2. The standard InChI is InChI=1S/C17H15BrN4OS/c1-2-14(11-3-5-12(18)6-4-11)15(9-19)13(21)22-17(16(14,15)10-20)23-7-8-24-17/h3-6H,2,7-8H2,1H3,(H2,21,22)/p+1/t14-,15-,16+,17+/m0/s1. The summed E-state index contributed by atoms with van der Waals surface area (Å²) < 4.78 is 6.97. The quantitative estimate of drug-likeness (QED) is 0.767. The highest BCUT2D eigenvalue weighted by Crippen LogP contribution is 2.85. The van der Waals surface area contributed by atoms with Crippen LogP contribution in [0.1, 0.15) is 18.9 Å². The third-order valence-corrected chi connectivity index (χ3v) is 7.71. The molecule has 2 aliphatic heterocycles. The Morgan fingerprint density at radius 1 is 1.33 bits per heavy atom. The molecule has 1 aromatic rings. The highest BCUT2D eigenvalue weighted by molar-refractivity contribution is 9.10. The first-order valence-corrected chi connectivity index (χ1v) is 9.57. The third-order valence-electron chi connectivity index (χ3n) is 5.87. The van der Waals surface area contributed by atoms with Gasteiger partial charge in [0, 0.05) is 10.2 Å². The smallest absolute Gasteiger partial charge is 0.278 e. The molecule has 1 saturated carbocycles. The zero-order chi connectivity index (χ0) is 17.2. The molecule has 0 unspecified atom stereocenters. The average Bonchev–Trinajstić information content (AvgIpc) is 2.81. The number of hydrogen-bond acceptors (Lipinski definition) is 5. The number of nitriles is 2. The summed E-state index contributed by atoms with van der Waals surface area (Å²) in [7, 11) is 0. The van der Waals surface area contributed by atoms with Gasteiger partial charge in [-0.15, -0.1) is 0 Å². The molecular weight excluding hydrogens is 388 g/mol. The van der Waals surface area contributed by atoms with E-state index in [1.807, 2.05) is 31.2 Å². The van der Waals surface area contributed by atoms with Crippen LogP contribution >= 0.6 is 27.7 Å². The van der Waals surface area contributed by atoms with Crippen LogP contribution in [0.2, 0.25) is 0 Å². The van der Waals surface area contributed by atoms with Gasteiger partial charge in [0.15, 0.2) is 10.8 Å². The molecule has 2 fully saturated rings. The van der Waals surface area contributed by atoms with Crippen LogP contribution < -0.4 is 10.7 Å². The number of nitrogens with one attached hydrogen (secondary N) is 1. The molecular formula is C17H16BrN4OS+. The summed E-state index contributed by atoms with van der Waals surface area (Å²) in [5.74, 6) is 1.12. The van der Waals surface area contributed by atoms with Crippen LogP contribution in [-0.4, -0.2) is 23.3 Å². The molecule has 2 heterocycles. The van der Waals surface area contributed by atoms with E-state index in [2.05, 4.69) is 33.1 Å². The van der Waals surface area contributed by atoms with Crippen molar-refractivity contribution in [3.8, 4) is 12.1 Å². The van der Waals surface area contributed by atoms with Crippen molar-refractivity contribution in [2.75, 3.05) is 12.4 Å². The predicted octanol–water partition coefficient (Wildman–Crippen LogP) is 0.999. The largest absolute Gasteiger partial charge is 0.327 e. The molecule has 4 atom stereocenters. The van der Waals surface area contributed by atoms with Gasteiger partial charge in [-0.25, -0.2) is 4.99 Å². The van der Waals surface area contributed by atoms with Crippen LogP contribution in [0.4, 0.5) is 0 Å². The van der Waals surface area contributed by atoms with Gasteiger partial charge in [0.1, 0.15) is 0 Å². The van der Waals surface area contributed by atoms with Crippen LogP contribution in [0, 0.1) is 33.5 Å². The minimum absolute atomic E-state index is 0.353. The molecule has 0 bridgehead atoms. The van der Waals surface area contributed by atoms with Crippen molar-refractivity contribution in [3.05, 3.63) is 34.3 Å². The van der Waals surface area contributed by atoms with Crippen LogP contribution in [0.25, 0.3) is 0 Å². The summed E-state index contributed by atoms with van der Waals surface area (Å²) in [6.07, 6.45) is 0.629. The lowest BCUT2D eigenvalue weighted by Gasteiger charge is -2.29. The topological polar surface area (TPSA) is 96.8 Å². The monoisotopic (exact) mass is 403 g/mol. The van der Waals surface area contributed by atoms with Crippen LogP contribution in [0.5, 0.6) is 0 Å². The van der Waals surface area contributed by atoms with Crippen LogP contribution in [0.15, 0.2) is 28.7 Å². The Kier molecular flexibility index (Phi) is 3.16. The molecule has 1 aliphatic carbocycles. The Labute approximate surface area is 153 Å². The van der Waals surface area contributed by atoms with Crippen molar-refractivity contribution < 1.29 is 9.73 Å². The van der Waals surface area contributed by atoms with Crippen molar-refractivity contribution in [2.45, 2.75) is 23.8 Å². The molecule has 3 N–H and O–H groups in total. The molecule has 0 aromatic heterocycles. The summed E-state index contributed by atoms with van der Waals surface area (Å²) in [5.41, 5.74) is 4.46. The number of nitrogens with two attached hydrogens (primary N) is 1. The lowest BCUT2D eigenvalue weighted by atomic mass is 9.81. The lowest BCUT2D eigenvalue weighted by molar-refractivity contribution is -0.584. The Bertz CT molecular complexity index is 836.